The van der Waals surface area contributed by atoms with Gasteiger partial charge in [-0.05, 0) is 31.2 Å². The molecule has 0 atom stereocenters. The lowest BCUT2D eigenvalue weighted by atomic mass is 10.1. The van der Waals surface area contributed by atoms with E-state index in [1.165, 1.54) is 0 Å². The van der Waals surface area contributed by atoms with E-state index in [1.807, 2.05) is 43.3 Å². The van der Waals surface area contributed by atoms with Crippen molar-refractivity contribution in [3.63, 3.8) is 0 Å². The van der Waals surface area contributed by atoms with Crippen LogP contribution < -0.4 is 16.3 Å². The van der Waals surface area contributed by atoms with Gasteiger partial charge in [-0.1, -0.05) is 35.9 Å². The third-order valence-corrected chi connectivity index (χ3v) is 3.19. The molecule has 0 radical (unpaired) electrons. The first-order valence-corrected chi connectivity index (χ1v) is 7.28. The van der Waals surface area contributed by atoms with Gasteiger partial charge in [0.05, 0.1) is 0 Å². The van der Waals surface area contributed by atoms with Crippen molar-refractivity contribution in [2.24, 2.45) is 0 Å². The number of aryl methyl sites for hydroxylation is 1. The van der Waals surface area contributed by atoms with Crippen molar-refractivity contribution < 1.29 is 4.79 Å². The summed E-state index contributed by atoms with van der Waals surface area (Å²) in [5.41, 5.74) is 1.57. The summed E-state index contributed by atoms with van der Waals surface area (Å²) in [4.78, 5) is 34.2. The molecule has 0 fully saturated rings. The Morgan fingerprint density at radius 2 is 1.83 bits per heavy atom. The molecule has 1 heterocycles. The van der Waals surface area contributed by atoms with Gasteiger partial charge in [-0.3, -0.25) is 15.1 Å². The molecule has 120 valence electrons. The van der Waals surface area contributed by atoms with Gasteiger partial charge >= 0.3 is 5.69 Å². The number of para-hydroxylation sites is 1. The van der Waals surface area contributed by atoms with Gasteiger partial charge in [0.25, 0.3) is 5.91 Å². The first-order chi connectivity index (χ1) is 11.6. The van der Waals surface area contributed by atoms with Gasteiger partial charge in [-0.2, -0.15) is 9.97 Å². The average molecular weight is 321 g/mol. The summed E-state index contributed by atoms with van der Waals surface area (Å²) < 4.78 is 0. The lowest BCUT2D eigenvalue weighted by Gasteiger charge is -2.07. The molecule has 2 aromatic carbocycles. The van der Waals surface area contributed by atoms with Crippen molar-refractivity contribution in [3.8, 4) is 0 Å². The molecular weight excluding hydrogens is 306 g/mol. The van der Waals surface area contributed by atoms with Crippen molar-refractivity contribution in [2.75, 3.05) is 10.6 Å². The zero-order chi connectivity index (χ0) is 16.9. The average Bonchev–Trinajstić information content (AvgIpc) is 2.55. The molecule has 0 spiro atoms. The Morgan fingerprint density at radius 3 is 2.58 bits per heavy atom. The van der Waals surface area contributed by atoms with Crippen LogP contribution in [0.3, 0.4) is 0 Å². The highest BCUT2D eigenvalue weighted by molar-refractivity contribution is 6.03. The predicted octanol–water partition coefficient (Wildman–Crippen LogP) is 2.47. The van der Waals surface area contributed by atoms with E-state index in [2.05, 4.69) is 25.6 Å². The van der Waals surface area contributed by atoms with E-state index in [4.69, 9.17) is 0 Å². The van der Waals surface area contributed by atoms with E-state index < -0.39 is 5.69 Å². The van der Waals surface area contributed by atoms with E-state index in [0.717, 1.165) is 11.3 Å². The minimum absolute atomic E-state index is 0.0660. The molecular formula is C17H15N5O2. The first-order valence-electron chi connectivity index (χ1n) is 7.28. The third-order valence-electron chi connectivity index (χ3n) is 3.19. The van der Waals surface area contributed by atoms with Gasteiger partial charge in [0, 0.05) is 11.3 Å². The highest BCUT2D eigenvalue weighted by atomic mass is 16.2. The smallest absolute Gasteiger partial charge is 0.326 e. The summed E-state index contributed by atoms with van der Waals surface area (Å²) in [5, 5.41) is 5.48. The molecule has 0 aliphatic rings. The Labute approximate surface area is 137 Å². The van der Waals surface area contributed by atoms with Gasteiger partial charge in [0.15, 0.2) is 0 Å². The van der Waals surface area contributed by atoms with E-state index in [1.54, 1.807) is 18.2 Å². The molecule has 0 bridgehead atoms. The SMILES string of the molecule is Cc1cccc(C(=O)Nc2nc(Nc3ccccc3)[nH]c(=O)n2)c1. The number of rotatable bonds is 4. The van der Waals surface area contributed by atoms with Crippen LogP contribution in [0.5, 0.6) is 0 Å². The molecule has 24 heavy (non-hydrogen) atoms. The number of hydrogen-bond acceptors (Lipinski definition) is 5. The predicted molar refractivity (Wildman–Crippen MR) is 91.5 cm³/mol. The van der Waals surface area contributed by atoms with E-state index in [0.29, 0.717) is 5.56 Å². The fourth-order valence-electron chi connectivity index (χ4n) is 2.12. The second-order valence-corrected chi connectivity index (χ2v) is 5.14. The lowest BCUT2D eigenvalue weighted by molar-refractivity contribution is 0.102. The normalized spacial score (nSPS) is 10.2. The number of nitrogens with zero attached hydrogens (tertiary/aromatic N) is 2. The number of anilines is 3. The highest BCUT2D eigenvalue weighted by Gasteiger charge is 2.10. The number of aromatic nitrogens is 3. The standard InChI is InChI=1S/C17H15N5O2/c1-11-6-5-7-12(10-11)14(23)19-16-20-15(21-17(24)22-16)18-13-8-3-2-4-9-13/h2-10H,1H3,(H3,18,19,20,21,22,23,24). The zero-order valence-electron chi connectivity index (χ0n) is 12.9. The molecule has 7 nitrogen and oxygen atoms in total. The van der Waals surface area contributed by atoms with Crippen LogP contribution in [0.2, 0.25) is 0 Å². The Morgan fingerprint density at radius 1 is 1.04 bits per heavy atom. The Bertz CT molecular complexity index is 922. The third kappa shape index (κ3) is 3.83. The number of nitrogens with one attached hydrogen (secondary N) is 3. The van der Waals surface area contributed by atoms with E-state index in [-0.39, 0.29) is 17.8 Å². The summed E-state index contributed by atoms with van der Waals surface area (Å²) >= 11 is 0. The van der Waals surface area contributed by atoms with Gasteiger partial charge in [-0.25, -0.2) is 4.79 Å². The largest absolute Gasteiger partial charge is 0.351 e. The molecule has 3 N–H and O–H groups in total. The number of benzene rings is 2. The summed E-state index contributed by atoms with van der Waals surface area (Å²) in [7, 11) is 0. The highest BCUT2D eigenvalue weighted by Crippen LogP contribution is 2.12. The van der Waals surface area contributed by atoms with Crippen LogP contribution in [-0.4, -0.2) is 20.9 Å². The topological polar surface area (TPSA) is 99.8 Å². The Kier molecular flexibility index (Phi) is 4.33. The zero-order valence-corrected chi connectivity index (χ0v) is 12.9. The van der Waals surface area contributed by atoms with Crippen LogP contribution in [0.25, 0.3) is 0 Å². The number of aromatic amines is 1. The Hall–Kier alpha value is -3.48. The van der Waals surface area contributed by atoms with E-state index in [9.17, 15) is 9.59 Å². The van der Waals surface area contributed by atoms with Crippen molar-refractivity contribution in [3.05, 3.63) is 76.2 Å². The summed E-state index contributed by atoms with van der Waals surface area (Å²) in [6.45, 7) is 1.89. The molecule has 0 saturated heterocycles. The maximum atomic E-state index is 12.2. The maximum absolute atomic E-state index is 12.2. The number of H-pyrrole nitrogens is 1. The van der Waals surface area contributed by atoms with Crippen molar-refractivity contribution in [1.82, 2.24) is 15.0 Å². The minimum atomic E-state index is -0.608. The maximum Gasteiger partial charge on any atom is 0.351 e. The Balaban J connectivity index is 1.81. The summed E-state index contributed by atoms with van der Waals surface area (Å²) in [5.74, 6) is -0.251. The van der Waals surface area contributed by atoms with Gasteiger partial charge in [0.1, 0.15) is 0 Å². The molecule has 3 aromatic rings. The minimum Gasteiger partial charge on any atom is -0.326 e. The van der Waals surface area contributed by atoms with Crippen LogP contribution in [0.15, 0.2) is 59.4 Å². The molecule has 0 saturated carbocycles. The lowest BCUT2D eigenvalue weighted by Crippen LogP contribution is -2.21. The molecule has 0 aliphatic carbocycles. The quantitative estimate of drug-likeness (QED) is 0.685. The number of carbonyl (C=O) groups excluding carboxylic acids is 1. The van der Waals surface area contributed by atoms with Crippen molar-refractivity contribution in [1.29, 1.82) is 0 Å². The summed E-state index contributed by atoms with van der Waals surface area (Å²) in [6, 6.07) is 16.3. The molecule has 0 unspecified atom stereocenters. The van der Waals surface area contributed by atoms with Crippen LogP contribution in [0.4, 0.5) is 17.6 Å². The van der Waals surface area contributed by atoms with E-state index >= 15 is 0 Å². The van der Waals surface area contributed by atoms with Crippen LogP contribution in [0.1, 0.15) is 15.9 Å². The second-order valence-electron chi connectivity index (χ2n) is 5.14. The van der Waals surface area contributed by atoms with Crippen molar-refractivity contribution in [2.45, 2.75) is 6.92 Å². The number of hydrogen-bond donors (Lipinski definition) is 3. The van der Waals surface area contributed by atoms with Gasteiger partial charge < -0.3 is 5.32 Å². The fraction of sp³-hybridized carbons (Fsp3) is 0.0588. The number of amides is 1. The molecule has 1 aromatic heterocycles. The second kappa shape index (κ2) is 6.74. The van der Waals surface area contributed by atoms with Crippen LogP contribution in [0, 0.1) is 6.92 Å². The molecule has 0 aliphatic heterocycles. The molecule has 7 heteroatoms. The monoisotopic (exact) mass is 321 g/mol. The van der Waals surface area contributed by atoms with Gasteiger partial charge in [0.2, 0.25) is 11.9 Å². The first kappa shape index (κ1) is 15.4. The molecule has 3 rings (SSSR count). The fourth-order valence-corrected chi connectivity index (χ4v) is 2.12. The van der Waals surface area contributed by atoms with Crippen molar-refractivity contribution >= 4 is 23.5 Å². The number of carbonyl (C=O) groups is 1. The van der Waals surface area contributed by atoms with Crippen LogP contribution >= 0.6 is 0 Å². The van der Waals surface area contributed by atoms with Crippen LogP contribution in [-0.2, 0) is 0 Å². The molecule has 1 amide bonds. The summed E-state index contributed by atoms with van der Waals surface area (Å²) in [6.07, 6.45) is 0. The van der Waals surface area contributed by atoms with Gasteiger partial charge in [-0.15, -0.1) is 0 Å².